The lowest BCUT2D eigenvalue weighted by molar-refractivity contribution is -0.123. The number of carbonyl (C=O) groups excluding carboxylic acids is 2. The van der Waals surface area contributed by atoms with Gasteiger partial charge in [0.25, 0.3) is 0 Å². The number of benzene rings is 1. The van der Waals surface area contributed by atoms with E-state index in [-0.39, 0.29) is 17.7 Å². The third-order valence-corrected chi connectivity index (χ3v) is 5.06. The average molecular weight is 351 g/mol. The number of hydrogen-bond donors (Lipinski definition) is 2. The molecule has 0 unspecified atom stereocenters. The number of hydrogen-bond acceptors (Lipinski definition) is 5. The van der Waals surface area contributed by atoms with Crippen LogP contribution in [0.3, 0.4) is 0 Å². The SMILES string of the molecule is COc1cccc(SCC(=O)NCCN2CCC[C@H](C(N)=O)C2)c1. The lowest BCUT2D eigenvalue weighted by atomic mass is 9.97. The molecule has 0 aliphatic carbocycles. The van der Waals surface area contributed by atoms with Crippen LogP contribution in [0.15, 0.2) is 29.2 Å². The second-order valence-corrected chi connectivity index (χ2v) is 6.91. The standard InChI is InChI=1S/C17H25N3O3S/c1-23-14-5-2-6-15(10-14)24-12-16(21)19-7-9-20-8-3-4-13(11-20)17(18)22/h2,5-6,10,13H,3-4,7-9,11-12H2,1H3,(H2,18,22)(H,19,21)/t13-/m0/s1. The topological polar surface area (TPSA) is 84.7 Å². The average Bonchev–Trinajstić information content (AvgIpc) is 2.60. The van der Waals surface area contributed by atoms with Crippen LogP contribution >= 0.6 is 11.8 Å². The van der Waals surface area contributed by atoms with Crippen molar-refractivity contribution >= 4 is 23.6 Å². The smallest absolute Gasteiger partial charge is 0.230 e. The van der Waals surface area contributed by atoms with Crippen LogP contribution in [0.2, 0.25) is 0 Å². The Bertz CT molecular complexity index is 568. The molecule has 1 fully saturated rings. The van der Waals surface area contributed by atoms with Crippen molar-refractivity contribution in [3.8, 4) is 5.75 Å². The van der Waals surface area contributed by atoms with Gasteiger partial charge in [0.05, 0.1) is 18.8 Å². The van der Waals surface area contributed by atoms with E-state index >= 15 is 0 Å². The van der Waals surface area contributed by atoms with Crippen molar-refractivity contribution in [2.75, 3.05) is 39.0 Å². The lowest BCUT2D eigenvalue weighted by Gasteiger charge is -2.31. The van der Waals surface area contributed by atoms with Crippen LogP contribution in [0.1, 0.15) is 12.8 Å². The monoisotopic (exact) mass is 351 g/mol. The summed E-state index contributed by atoms with van der Waals surface area (Å²) in [6.07, 6.45) is 1.85. The molecule has 0 saturated carbocycles. The molecule has 132 valence electrons. The minimum absolute atomic E-state index is 0.00582. The number of nitrogens with one attached hydrogen (secondary N) is 1. The largest absolute Gasteiger partial charge is 0.497 e. The van der Waals surface area contributed by atoms with Gasteiger partial charge in [-0.25, -0.2) is 0 Å². The molecule has 1 aromatic carbocycles. The minimum atomic E-state index is -0.224. The van der Waals surface area contributed by atoms with Gasteiger partial charge >= 0.3 is 0 Å². The van der Waals surface area contributed by atoms with Gasteiger partial charge in [0.15, 0.2) is 0 Å². The van der Waals surface area contributed by atoms with Gasteiger partial charge < -0.3 is 20.7 Å². The predicted molar refractivity (Wildman–Crippen MR) is 95.1 cm³/mol. The molecular weight excluding hydrogens is 326 g/mol. The highest BCUT2D eigenvalue weighted by Crippen LogP contribution is 2.22. The van der Waals surface area contributed by atoms with E-state index in [4.69, 9.17) is 10.5 Å². The Labute approximate surface area is 147 Å². The first-order chi connectivity index (χ1) is 11.6. The summed E-state index contributed by atoms with van der Waals surface area (Å²) in [5.41, 5.74) is 5.37. The summed E-state index contributed by atoms with van der Waals surface area (Å²) >= 11 is 1.48. The molecule has 0 bridgehead atoms. The number of piperidine rings is 1. The molecular formula is C17H25N3O3S. The third kappa shape index (κ3) is 6.05. The van der Waals surface area contributed by atoms with Gasteiger partial charge in [-0.3, -0.25) is 9.59 Å². The summed E-state index contributed by atoms with van der Waals surface area (Å²) in [5, 5.41) is 2.92. The highest BCUT2D eigenvalue weighted by Gasteiger charge is 2.23. The maximum absolute atomic E-state index is 11.9. The van der Waals surface area contributed by atoms with Gasteiger partial charge in [0, 0.05) is 24.5 Å². The van der Waals surface area contributed by atoms with E-state index < -0.39 is 0 Å². The summed E-state index contributed by atoms with van der Waals surface area (Å²) in [7, 11) is 1.62. The molecule has 1 heterocycles. The summed E-state index contributed by atoms with van der Waals surface area (Å²) in [5.74, 6) is 0.883. The number of rotatable bonds is 8. The van der Waals surface area contributed by atoms with Crippen molar-refractivity contribution in [2.45, 2.75) is 17.7 Å². The molecule has 1 aliphatic heterocycles. The Kier molecular flexibility index (Phi) is 7.39. The minimum Gasteiger partial charge on any atom is -0.497 e. The third-order valence-electron chi connectivity index (χ3n) is 4.07. The fraction of sp³-hybridized carbons (Fsp3) is 0.529. The van der Waals surface area contributed by atoms with Crippen molar-refractivity contribution in [1.29, 1.82) is 0 Å². The van der Waals surface area contributed by atoms with E-state index in [9.17, 15) is 9.59 Å². The quantitative estimate of drug-likeness (QED) is 0.685. The maximum atomic E-state index is 11.9. The number of likely N-dealkylation sites (tertiary alicyclic amines) is 1. The molecule has 7 heteroatoms. The van der Waals surface area contributed by atoms with Crippen molar-refractivity contribution in [1.82, 2.24) is 10.2 Å². The van der Waals surface area contributed by atoms with Crippen molar-refractivity contribution in [3.63, 3.8) is 0 Å². The Hall–Kier alpha value is -1.73. The van der Waals surface area contributed by atoms with Gasteiger partial charge in [0.2, 0.25) is 11.8 Å². The molecule has 24 heavy (non-hydrogen) atoms. The predicted octanol–water partition coefficient (Wildman–Crippen LogP) is 1.10. The second kappa shape index (κ2) is 9.54. The molecule has 3 N–H and O–H groups in total. The summed E-state index contributed by atoms with van der Waals surface area (Å²) in [6.45, 7) is 2.99. The second-order valence-electron chi connectivity index (χ2n) is 5.86. The molecule has 1 saturated heterocycles. The number of nitrogens with two attached hydrogens (primary N) is 1. The zero-order valence-electron chi connectivity index (χ0n) is 14.0. The first-order valence-corrected chi connectivity index (χ1v) is 9.12. The van der Waals surface area contributed by atoms with Crippen LogP contribution in [-0.4, -0.2) is 55.8 Å². The highest BCUT2D eigenvalue weighted by molar-refractivity contribution is 8.00. The van der Waals surface area contributed by atoms with Crippen molar-refractivity contribution in [3.05, 3.63) is 24.3 Å². The van der Waals surface area contributed by atoms with Gasteiger partial charge in [-0.15, -0.1) is 11.8 Å². The fourth-order valence-electron chi connectivity index (χ4n) is 2.74. The summed E-state index contributed by atoms with van der Waals surface area (Å²) < 4.78 is 5.17. The zero-order chi connectivity index (χ0) is 17.4. The maximum Gasteiger partial charge on any atom is 0.230 e. The van der Waals surface area contributed by atoms with Gasteiger partial charge in [-0.1, -0.05) is 6.07 Å². The van der Waals surface area contributed by atoms with Crippen LogP contribution in [0.4, 0.5) is 0 Å². The van der Waals surface area contributed by atoms with Crippen LogP contribution in [-0.2, 0) is 9.59 Å². The van der Waals surface area contributed by atoms with E-state index in [1.807, 2.05) is 24.3 Å². The van der Waals surface area contributed by atoms with Gasteiger partial charge in [0.1, 0.15) is 5.75 Å². The number of carbonyl (C=O) groups is 2. The van der Waals surface area contributed by atoms with Crippen molar-refractivity contribution in [2.24, 2.45) is 11.7 Å². The van der Waals surface area contributed by atoms with Crippen LogP contribution in [0, 0.1) is 5.92 Å². The van der Waals surface area contributed by atoms with Crippen LogP contribution < -0.4 is 15.8 Å². The molecule has 1 aliphatic rings. The summed E-state index contributed by atoms with van der Waals surface area (Å²) in [6, 6.07) is 7.65. The molecule has 1 atom stereocenters. The number of primary amides is 1. The van der Waals surface area contributed by atoms with Gasteiger partial charge in [-0.05, 0) is 37.6 Å². The Morgan fingerprint density at radius 2 is 2.29 bits per heavy atom. The zero-order valence-corrected chi connectivity index (χ0v) is 14.8. The van der Waals surface area contributed by atoms with E-state index in [1.165, 1.54) is 11.8 Å². The Morgan fingerprint density at radius 3 is 3.04 bits per heavy atom. The van der Waals surface area contributed by atoms with Gasteiger partial charge in [-0.2, -0.15) is 0 Å². The lowest BCUT2D eigenvalue weighted by Crippen LogP contribution is -2.44. The highest BCUT2D eigenvalue weighted by atomic mass is 32.2. The fourth-order valence-corrected chi connectivity index (χ4v) is 3.51. The van der Waals surface area contributed by atoms with E-state index in [2.05, 4.69) is 10.2 Å². The molecule has 1 aromatic rings. The van der Waals surface area contributed by atoms with Crippen molar-refractivity contribution < 1.29 is 14.3 Å². The van der Waals surface area contributed by atoms with E-state index in [1.54, 1.807) is 7.11 Å². The van der Waals surface area contributed by atoms with E-state index in [0.717, 1.165) is 36.6 Å². The number of methoxy groups -OCH3 is 1. The Balaban J connectivity index is 1.65. The number of thioether (sulfide) groups is 1. The number of nitrogens with zero attached hydrogens (tertiary/aromatic N) is 1. The Morgan fingerprint density at radius 1 is 1.46 bits per heavy atom. The first-order valence-electron chi connectivity index (χ1n) is 8.13. The number of ether oxygens (including phenoxy) is 1. The molecule has 0 spiro atoms. The molecule has 0 radical (unpaired) electrons. The molecule has 2 rings (SSSR count). The van der Waals surface area contributed by atoms with E-state index in [0.29, 0.717) is 18.8 Å². The molecule has 6 nitrogen and oxygen atoms in total. The molecule has 2 amide bonds. The molecule has 0 aromatic heterocycles. The number of amides is 2. The van der Waals surface area contributed by atoms with Crippen LogP contribution in [0.5, 0.6) is 5.75 Å². The van der Waals surface area contributed by atoms with Crippen LogP contribution in [0.25, 0.3) is 0 Å². The first kappa shape index (κ1) is 18.6. The normalized spacial score (nSPS) is 18.1. The summed E-state index contributed by atoms with van der Waals surface area (Å²) in [4.78, 5) is 26.4.